The molecule has 1 amide bonds. The number of fused-ring (bicyclic) bond motifs is 1. The van der Waals surface area contributed by atoms with Gasteiger partial charge in [-0.3, -0.25) is 9.59 Å². The van der Waals surface area contributed by atoms with E-state index < -0.39 is 5.97 Å². The van der Waals surface area contributed by atoms with Crippen LogP contribution in [0, 0.1) is 0 Å². The van der Waals surface area contributed by atoms with E-state index >= 15 is 0 Å². The number of hydrogen-bond acceptors (Lipinski definition) is 5. The highest BCUT2D eigenvalue weighted by atomic mass is 32.1. The lowest BCUT2D eigenvalue weighted by Gasteiger charge is -2.51. The van der Waals surface area contributed by atoms with Crippen molar-refractivity contribution in [2.75, 3.05) is 6.54 Å². The van der Waals surface area contributed by atoms with Gasteiger partial charge in [0.2, 0.25) is 5.91 Å². The van der Waals surface area contributed by atoms with Crippen molar-refractivity contribution in [2.24, 2.45) is 0 Å². The topological polar surface area (TPSA) is 86.7 Å². The maximum atomic E-state index is 11.9. The Labute approximate surface area is 125 Å². The Kier molecular flexibility index (Phi) is 3.50. The van der Waals surface area contributed by atoms with Crippen LogP contribution >= 0.6 is 11.3 Å². The van der Waals surface area contributed by atoms with Crippen LogP contribution in [0.2, 0.25) is 0 Å². The van der Waals surface area contributed by atoms with E-state index in [0.717, 1.165) is 4.88 Å². The van der Waals surface area contributed by atoms with Gasteiger partial charge in [-0.15, -0.1) is 11.3 Å². The van der Waals surface area contributed by atoms with Gasteiger partial charge in [-0.2, -0.15) is 0 Å². The molecule has 21 heavy (non-hydrogen) atoms. The zero-order valence-electron chi connectivity index (χ0n) is 11.1. The van der Waals surface area contributed by atoms with Crippen molar-refractivity contribution in [1.29, 1.82) is 0 Å². The Hall–Kier alpha value is -2.15. The molecule has 2 unspecified atom stereocenters. The summed E-state index contributed by atoms with van der Waals surface area (Å²) in [6.45, 7) is 0.437. The summed E-state index contributed by atoms with van der Waals surface area (Å²) in [6, 6.07) is 3.39. The zero-order valence-corrected chi connectivity index (χ0v) is 11.9. The number of amides is 1. The van der Waals surface area contributed by atoms with Crippen LogP contribution in [-0.2, 0) is 20.8 Å². The first-order valence-electron chi connectivity index (χ1n) is 6.61. The van der Waals surface area contributed by atoms with Gasteiger partial charge in [0.05, 0.1) is 18.5 Å². The second-order valence-corrected chi connectivity index (χ2v) is 6.19. The van der Waals surface area contributed by atoms with Crippen molar-refractivity contribution < 1.29 is 19.5 Å². The molecule has 0 bridgehead atoms. The largest absolute Gasteiger partial charge is 0.477 e. The number of carboxylic acid groups (broad SMARTS) is 1. The molecule has 1 saturated heterocycles. The van der Waals surface area contributed by atoms with Crippen LogP contribution in [0.3, 0.4) is 0 Å². The van der Waals surface area contributed by atoms with Gasteiger partial charge in [0.15, 0.2) is 5.78 Å². The smallest absolute Gasteiger partial charge is 0.352 e. The highest BCUT2D eigenvalue weighted by molar-refractivity contribution is 7.10. The number of aliphatic carboxylic acids is 1. The number of hydrogen-bond donors (Lipinski definition) is 2. The van der Waals surface area contributed by atoms with Crippen LogP contribution in [0.1, 0.15) is 11.3 Å². The number of carbonyl (C=O) groups excluding carboxylic acids is 2. The summed E-state index contributed by atoms with van der Waals surface area (Å²) in [5.74, 6) is -1.40. The Morgan fingerprint density at radius 2 is 2.29 bits per heavy atom. The molecule has 0 spiro atoms. The normalized spacial score (nSPS) is 23.9. The minimum absolute atomic E-state index is 0.0278. The molecule has 0 radical (unpaired) electrons. The molecule has 2 N–H and O–H groups in total. The number of nitrogens with one attached hydrogen (secondary N) is 1. The molecule has 3 heterocycles. The van der Waals surface area contributed by atoms with E-state index in [1.54, 1.807) is 4.90 Å². The maximum Gasteiger partial charge on any atom is 0.352 e. The number of thiophene rings is 1. The number of nitrogens with zero attached hydrogens (tertiary/aromatic N) is 1. The lowest BCUT2D eigenvalue weighted by Crippen LogP contribution is -2.68. The molecule has 2 aliphatic rings. The Bertz CT molecular complexity index is 623. The third-order valence-corrected chi connectivity index (χ3v) is 4.63. The fourth-order valence-corrected chi connectivity index (χ4v) is 3.44. The summed E-state index contributed by atoms with van der Waals surface area (Å²) in [7, 11) is 0. The van der Waals surface area contributed by atoms with E-state index in [1.807, 2.05) is 17.5 Å². The highest BCUT2D eigenvalue weighted by Gasteiger charge is 2.45. The summed E-state index contributed by atoms with van der Waals surface area (Å²) in [5.41, 5.74) is 0.0278. The Balaban J connectivity index is 1.61. The average molecular weight is 306 g/mol. The fourth-order valence-electron chi connectivity index (χ4n) is 2.73. The van der Waals surface area contributed by atoms with Crippen molar-refractivity contribution in [3.05, 3.63) is 34.2 Å². The summed E-state index contributed by atoms with van der Waals surface area (Å²) >= 11 is 1.52. The number of carboxylic acids is 1. The molecule has 2 aliphatic heterocycles. The molecular weight excluding hydrogens is 292 g/mol. The van der Waals surface area contributed by atoms with Gasteiger partial charge in [0.1, 0.15) is 5.70 Å². The summed E-state index contributed by atoms with van der Waals surface area (Å²) < 4.78 is 0. The van der Waals surface area contributed by atoms with E-state index in [2.05, 4.69) is 5.32 Å². The number of carbonyl (C=O) groups is 3. The second-order valence-electron chi connectivity index (χ2n) is 5.16. The number of ketones is 1. The van der Waals surface area contributed by atoms with Crippen LogP contribution in [0.4, 0.5) is 0 Å². The molecule has 6 nitrogen and oxygen atoms in total. The van der Waals surface area contributed by atoms with E-state index in [0.29, 0.717) is 13.0 Å². The molecule has 0 saturated carbocycles. The first-order chi connectivity index (χ1) is 10.0. The molecule has 3 rings (SSSR count). The van der Waals surface area contributed by atoms with Crippen LogP contribution in [0.25, 0.3) is 0 Å². The van der Waals surface area contributed by atoms with Gasteiger partial charge in [-0.25, -0.2) is 4.79 Å². The average Bonchev–Trinajstić information content (AvgIpc) is 2.90. The molecule has 7 heteroatoms. The lowest BCUT2D eigenvalue weighted by molar-refractivity contribution is -0.138. The standard InChI is InChI=1S/C14H14N2O4S/c17-8-4-11-10(7-16(11)12(5-8)14(19)20)15-13(18)6-9-2-1-3-21-9/h1-3,5,10-11H,4,6-7H2,(H,15,18)(H,19,20). The molecule has 2 atom stereocenters. The van der Waals surface area contributed by atoms with E-state index in [1.165, 1.54) is 17.4 Å². The third-order valence-electron chi connectivity index (χ3n) is 3.76. The maximum absolute atomic E-state index is 11.9. The summed E-state index contributed by atoms with van der Waals surface area (Å²) in [4.78, 5) is 37.3. The van der Waals surface area contributed by atoms with Gasteiger partial charge in [-0.05, 0) is 11.4 Å². The van der Waals surface area contributed by atoms with Crippen LogP contribution in [-0.4, -0.2) is 46.3 Å². The monoisotopic (exact) mass is 306 g/mol. The van der Waals surface area contributed by atoms with Crippen LogP contribution in [0.5, 0.6) is 0 Å². The van der Waals surface area contributed by atoms with Crippen molar-refractivity contribution in [1.82, 2.24) is 10.2 Å². The molecule has 0 aromatic carbocycles. The van der Waals surface area contributed by atoms with Gasteiger partial charge >= 0.3 is 5.97 Å². The van der Waals surface area contributed by atoms with Crippen LogP contribution in [0.15, 0.2) is 29.3 Å². The SMILES string of the molecule is O=C1C=C(C(=O)O)N2CC(NC(=O)Cc3cccs3)C2C1. The Morgan fingerprint density at radius 3 is 2.95 bits per heavy atom. The molecule has 1 fully saturated rings. The number of rotatable bonds is 4. The number of allylic oxidation sites excluding steroid dienone is 1. The van der Waals surface area contributed by atoms with E-state index in [-0.39, 0.29) is 35.9 Å². The van der Waals surface area contributed by atoms with Crippen LogP contribution < -0.4 is 5.32 Å². The van der Waals surface area contributed by atoms with E-state index in [9.17, 15) is 14.4 Å². The second kappa shape index (κ2) is 5.33. The van der Waals surface area contributed by atoms with Crippen molar-refractivity contribution in [2.45, 2.75) is 24.9 Å². The summed E-state index contributed by atoms with van der Waals surface area (Å²) in [6.07, 6.45) is 1.74. The van der Waals surface area contributed by atoms with Crippen molar-refractivity contribution >= 4 is 29.0 Å². The van der Waals surface area contributed by atoms with Gasteiger partial charge in [0, 0.05) is 23.9 Å². The lowest BCUT2D eigenvalue weighted by atomic mass is 9.87. The predicted molar refractivity (Wildman–Crippen MR) is 75.8 cm³/mol. The minimum Gasteiger partial charge on any atom is -0.477 e. The van der Waals surface area contributed by atoms with Crippen molar-refractivity contribution in [3.63, 3.8) is 0 Å². The molecule has 1 aromatic heterocycles. The minimum atomic E-state index is -1.10. The Morgan fingerprint density at radius 1 is 1.48 bits per heavy atom. The fraction of sp³-hybridized carbons (Fsp3) is 0.357. The van der Waals surface area contributed by atoms with Crippen molar-refractivity contribution in [3.8, 4) is 0 Å². The molecule has 0 aliphatic carbocycles. The third kappa shape index (κ3) is 2.69. The van der Waals surface area contributed by atoms with Gasteiger partial charge < -0.3 is 15.3 Å². The quantitative estimate of drug-likeness (QED) is 0.841. The first kappa shape index (κ1) is 13.8. The van der Waals surface area contributed by atoms with E-state index in [4.69, 9.17) is 5.11 Å². The zero-order chi connectivity index (χ0) is 15.0. The summed E-state index contributed by atoms with van der Waals surface area (Å²) in [5, 5.41) is 13.9. The predicted octanol–water partition coefficient (Wildman–Crippen LogP) is 0.401. The molecular formula is C14H14N2O4S. The molecule has 110 valence electrons. The highest BCUT2D eigenvalue weighted by Crippen LogP contribution is 2.30. The molecule has 1 aromatic rings. The van der Waals surface area contributed by atoms with Gasteiger partial charge in [0.25, 0.3) is 0 Å². The first-order valence-corrected chi connectivity index (χ1v) is 7.49. The van der Waals surface area contributed by atoms with Gasteiger partial charge in [-0.1, -0.05) is 6.07 Å².